The van der Waals surface area contributed by atoms with Gasteiger partial charge in [-0.15, -0.1) is 0 Å². The molecule has 1 N–H and O–H groups in total. The van der Waals surface area contributed by atoms with E-state index in [1.54, 1.807) is 6.07 Å². The van der Waals surface area contributed by atoms with Crippen LogP contribution < -0.4 is 0 Å². The van der Waals surface area contributed by atoms with Crippen molar-refractivity contribution in [2.75, 3.05) is 0 Å². The summed E-state index contributed by atoms with van der Waals surface area (Å²) in [5.41, 5.74) is 0.414. The van der Waals surface area contributed by atoms with Gasteiger partial charge >= 0.3 is 0 Å². The van der Waals surface area contributed by atoms with Crippen molar-refractivity contribution < 1.29 is 5.11 Å². The van der Waals surface area contributed by atoms with Crippen molar-refractivity contribution in [3.8, 4) is 0 Å². The predicted octanol–water partition coefficient (Wildman–Crippen LogP) is 4.48. The average Bonchev–Trinajstić information content (AvgIpc) is 2.27. The summed E-state index contributed by atoms with van der Waals surface area (Å²) in [6.45, 7) is 2.24. The second kappa shape index (κ2) is 5.17. The van der Waals surface area contributed by atoms with Crippen molar-refractivity contribution in [3.63, 3.8) is 0 Å². The number of hydrogen-bond donors (Lipinski definition) is 1. The highest BCUT2D eigenvalue weighted by molar-refractivity contribution is 6.35. The lowest BCUT2D eigenvalue weighted by atomic mass is 9.76. The Morgan fingerprint density at radius 2 is 1.94 bits per heavy atom. The highest BCUT2D eigenvalue weighted by Gasteiger charge is 2.32. The van der Waals surface area contributed by atoms with Gasteiger partial charge in [0.2, 0.25) is 0 Å². The Balaban J connectivity index is 2.09. The molecule has 0 radical (unpaired) electrons. The van der Waals surface area contributed by atoms with Crippen LogP contribution in [-0.2, 0) is 6.42 Å². The minimum absolute atomic E-state index is 0.579. The summed E-state index contributed by atoms with van der Waals surface area (Å²) in [6.07, 6.45) is 4.57. The number of benzene rings is 1. The van der Waals surface area contributed by atoms with E-state index in [2.05, 4.69) is 6.92 Å². The molecule has 1 aliphatic rings. The lowest BCUT2D eigenvalue weighted by Gasteiger charge is -2.35. The van der Waals surface area contributed by atoms with Crippen molar-refractivity contribution in [1.82, 2.24) is 0 Å². The topological polar surface area (TPSA) is 20.2 Å². The Kier molecular flexibility index (Phi) is 4.02. The van der Waals surface area contributed by atoms with Crippen LogP contribution >= 0.6 is 23.2 Å². The third-order valence-corrected chi connectivity index (χ3v) is 4.33. The average molecular weight is 273 g/mol. The van der Waals surface area contributed by atoms with Gasteiger partial charge in [0.1, 0.15) is 0 Å². The third-order valence-electron chi connectivity index (χ3n) is 3.74. The lowest BCUT2D eigenvalue weighted by molar-refractivity contribution is -0.00665. The maximum atomic E-state index is 10.5. The molecular formula is C14H18Cl2O. The maximum absolute atomic E-state index is 10.5. The van der Waals surface area contributed by atoms with Crippen molar-refractivity contribution in [1.29, 1.82) is 0 Å². The summed E-state index contributed by atoms with van der Waals surface area (Å²) < 4.78 is 0. The Labute approximate surface area is 113 Å². The maximum Gasteiger partial charge on any atom is 0.0688 e. The summed E-state index contributed by atoms with van der Waals surface area (Å²) in [6, 6.07) is 5.49. The first kappa shape index (κ1) is 13.2. The fraction of sp³-hybridized carbons (Fsp3) is 0.571. The SMILES string of the molecule is CC1CCC(O)(Cc2ccc(Cl)cc2Cl)CC1. The highest BCUT2D eigenvalue weighted by atomic mass is 35.5. The van der Waals surface area contributed by atoms with Crippen LogP contribution in [0.5, 0.6) is 0 Å². The van der Waals surface area contributed by atoms with E-state index < -0.39 is 5.60 Å². The monoisotopic (exact) mass is 272 g/mol. The van der Waals surface area contributed by atoms with E-state index >= 15 is 0 Å². The molecular weight excluding hydrogens is 255 g/mol. The van der Waals surface area contributed by atoms with Crippen LogP contribution in [-0.4, -0.2) is 10.7 Å². The van der Waals surface area contributed by atoms with E-state index in [0.29, 0.717) is 16.5 Å². The number of hydrogen-bond acceptors (Lipinski definition) is 1. The molecule has 1 fully saturated rings. The number of aliphatic hydroxyl groups is 1. The molecule has 0 aromatic heterocycles. The zero-order chi connectivity index (χ0) is 12.5. The van der Waals surface area contributed by atoms with Gasteiger partial charge in [-0.2, -0.15) is 0 Å². The van der Waals surface area contributed by atoms with E-state index in [9.17, 15) is 5.11 Å². The molecule has 1 aromatic carbocycles. The van der Waals surface area contributed by atoms with Crippen LogP contribution in [0, 0.1) is 5.92 Å². The first-order valence-electron chi connectivity index (χ1n) is 6.15. The summed E-state index contributed by atoms with van der Waals surface area (Å²) in [5.74, 6) is 0.732. The predicted molar refractivity (Wildman–Crippen MR) is 72.7 cm³/mol. The molecule has 17 heavy (non-hydrogen) atoms. The molecule has 0 unspecified atom stereocenters. The van der Waals surface area contributed by atoms with E-state index in [4.69, 9.17) is 23.2 Å². The van der Waals surface area contributed by atoms with E-state index in [1.807, 2.05) is 12.1 Å². The Morgan fingerprint density at radius 3 is 2.53 bits per heavy atom. The van der Waals surface area contributed by atoms with Crippen molar-refractivity contribution in [2.45, 2.75) is 44.6 Å². The first-order chi connectivity index (χ1) is 7.98. The van der Waals surface area contributed by atoms with Gasteiger partial charge < -0.3 is 5.11 Å². The molecule has 0 aliphatic heterocycles. The van der Waals surface area contributed by atoms with Gasteiger partial charge in [-0.3, -0.25) is 0 Å². The molecule has 2 rings (SSSR count). The Morgan fingerprint density at radius 1 is 1.29 bits per heavy atom. The van der Waals surface area contributed by atoms with Gasteiger partial charge in [0.25, 0.3) is 0 Å². The van der Waals surface area contributed by atoms with Crippen LogP contribution in [0.25, 0.3) is 0 Å². The molecule has 1 aliphatic carbocycles. The quantitative estimate of drug-likeness (QED) is 0.842. The van der Waals surface area contributed by atoms with Crippen molar-refractivity contribution >= 4 is 23.2 Å². The number of rotatable bonds is 2. The highest BCUT2D eigenvalue weighted by Crippen LogP contribution is 2.35. The molecule has 0 amide bonds. The van der Waals surface area contributed by atoms with Gasteiger partial charge in [-0.25, -0.2) is 0 Å². The van der Waals surface area contributed by atoms with Crippen LogP contribution in [0.4, 0.5) is 0 Å². The minimum atomic E-state index is -0.579. The van der Waals surface area contributed by atoms with Crippen LogP contribution in [0.15, 0.2) is 18.2 Å². The van der Waals surface area contributed by atoms with Crippen LogP contribution in [0.1, 0.15) is 38.2 Å². The van der Waals surface area contributed by atoms with Gasteiger partial charge in [0, 0.05) is 16.5 Å². The normalized spacial score (nSPS) is 29.3. The standard InChI is InChI=1S/C14H18Cl2O/c1-10-4-6-14(17,7-5-10)9-11-2-3-12(15)8-13(11)16/h2-3,8,10,17H,4-7,9H2,1H3. The largest absolute Gasteiger partial charge is 0.390 e. The second-order valence-electron chi connectivity index (χ2n) is 5.32. The van der Waals surface area contributed by atoms with Gasteiger partial charge in [0.15, 0.2) is 0 Å². The summed E-state index contributed by atoms with van der Waals surface area (Å²) in [5, 5.41) is 11.8. The Bertz CT molecular complexity index is 395. The van der Waals surface area contributed by atoms with Gasteiger partial charge in [-0.05, 0) is 49.3 Å². The second-order valence-corrected chi connectivity index (χ2v) is 6.16. The molecule has 0 heterocycles. The zero-order valence-corrected chi connectivity index (χ0v) is 11.6. The van der Waals surface area contributed by atoms with Crippen LogP contribution in [0.2, 0.25) is 10.0 Å². The molecule has 0 bridgehead atoms. The molecule has 0 atom stereocenters. The van der Waals surface area contributed by atoms with E-state index in [0.717, 1.165) is 37.2 Å². The van der Waals surface area contributed by atoms with E-state index in [-0.39, 0.29) is 0 Å². The zero-order valence-electron chi connectivity index (χ0n) is 10.0. The summed E-state index contributed by atoms with van der Waals surface area (Å²) >= 11 is 12.0. The minimum Gasteiger partial charge on any atom is -0.390 e. The molecule has 0 spiro atoms. The third kappa shape index (κ3) is 3.37. The van der Waals surface area contributed by atoms with E-state index in [1.165, 1.54) is 0 Å². The number of halogens is 2. The Hall–Kier alpha value is -0.240. The molecule has 1 aromatic rings. The van der Waals surface area contributed by atoms with Gasteiger partial charge in [0.05, 0.1) is 5.60 Å². The molecule has 0 saturated heterocycles. The summed E-state index contributed by atoms with van der Waals surface area (Å²) in [4.78, 5) is 0. The summed E-state index contributed by atoms with van der Waals surface area (Å²) in [7, 11) is 0. The molecule has 1 saturated carbocycles. The molecule has 1 nitrogen and oxygen atoms in total. The van der Waals surface area contributed by atoms with Crippen LogP contribution in [0.3, 0.4) is 0 Å². The molecule has 3 heteroatoms. The molecule has 94 valence electrons. The first-order valence-corrected chi connectivity index (χ1v) is 6.90. The fourth-order valence-corrected chi connectivity index (χ4v) is 2.97. The fourth-order valence-electron chi connectivity index (χ4n) is 2.50. The van der Waals surface area contributed by atoms with Gasteiger partial charge in [-0.1, -0.05) is 36.2 Å². The smallest absolute Gasteiger partial charge is 0.0688 e. The van der Waals surface area contributed by atoms with Crippen molar-refractivity contribution in [2.24, 2.45) is 5.92 Å². The lowest BCUT2D eigenvalue weighted by Crippen LogP contribution is -2.35. The van der Waals surface area contributed by atoms with Crippen molar-refractivity contribution in [3.05, 3.63) is 33.8 Å².